The van der Waals surface area contributed by atoms with Gasteiger partial charge in [-0.3, -0.25) is 4.79 Å². The molecule has 1 rings (SSSR count). The molecule has 19 heavy (non-hydrogen) atoms. The van der Waals surface area contributed by atoms with Gasteiger partial charge in [-0.1, -0.05) is 25.5 Å². The molecule has 0 saturated carbocycles. The van der Waals surface area contributed by atoms with E-state index >= 15 is 0 Å². The standard InChI is InChI=1S/C16H23NO2/c1-4-5-12-19-15-9-6-14(7-10-15)8-11-16(18)17-13(2)3/h6-11,13H,4-5,12H2,1-3H3,(H,17,18)/b11-8+. The van der Waals surface area contributed by atoms with Crippen LogP contribution in [0.2, 0.25) is 0 Å². The van der Waals surface area contributed by atoms with Gasteiger partial charge >= 0.3 is 0 Å². The van der Waals surface area contributed by atoms with Crippen LogP contribution < -0.4 is 10.1 Å². The summed E-state index contributed by atoms with van der Waals surface area (Å²) in [5.41, 5.74) is 0.988. The Morgan fingerprint density at radius 1 is 1.32 bits per heavy atom. The van der Waals surface area contributed by atoms with Crippen molar-refractivity contribution >= 4 is 12.0 Å². The zero-order valence-electron chi connectivity index (χ0n) is 12.0. The van der Waals surface area contributed by atoms with E-state index in [9.17, 15) is 4.79 Å². The van der Waals surface area contributed by atoms with Crippen molar-refractivity contribution in [2.75, 3.05) is 6.61 Å². The molecule has 0 fully saturated rings. The van der Waals surface area contributed by atoms with Gasteiger partial charge < -0.3 is 10.1 Å². The molecule has 1 amide bonds. The van der Waals surface area contributed by atoms with Crippen LogP contribution in [0.25, 0.3) is 6.08 Å². The lowest BCUT2D eigenvalue weighted by Crippen LogP contribution is -2.28. The number of hydrogen-bond acceptors (Lipinski definition) is 2. The highest BCUT2D eigenvalue weighted by Crippen LogP contribution is 2.13. The fraction of sp³-hybridized carbons (Fsp3) is 0.438. The average Bonchev–Trinajstić information content (AvgIpc) is 2.37. The van der Waals surface area contributed by atoms with Crippen LogP contribution in [0, 0.1) is 0 Å². The Bertz CT molecular complexity index is 407. The predicted octanol–water partition coefficient (Wildman–Crippen LogP) is 3.40. The minimum atomic E-state index is -0.0710. The summed E-state index contributed by atoms with van der Waals surface area (Å²) in [5, 5.41) is 2.81. The molecule has 0 unspecified atom stereocenters. The lowest BCUT2D eigenvalue weighted by atomic mass is 10.2. The second-order valence-corrected chi connectivity index (χ2v) is 4.77. The maximum atomic E-state index is 11.4. The number of ether oxygens (including phenoxy) is 1. The summed E-state index contributed by atoms with van der Waals surface area (Å²) >= 11 is 0. The van der Waals surface area contributed by atoms with E-state index in [1.165, 1.54) is 0 Å². The van der Waals surface area contributed by atoms with Gasteiger partial charge in [0, 0.05) is 12.1 Å². The lowest BCUT2D eigenvalue weighted by Gasteiger charge is -2.05. The van der Waals surface area contributed by atoms with Crippen molar-refractivity contribution in [2.45, 2.75) is 39.7 Å². The van der Waals surface area contributed by atoms with Crippen LogP contribution in [0.3, 0.4) is 0 Å². The normalized spacial score (nSPS) is 10.9. The van der Waals surface area contributed by atoms with Gasteiger partial charge in [0.2, 0.25) is 5.91 Å². The van der Waals surface area contributed by atoms with Crippen molar-refractivity contribution in [2.24, 2.45) is 0 Å². The Labute approximate surface area is 115 Å². The van der Waals surface area contributed by atoms with Crippen LogP contribution >= 0.6 is 0 Å². The molecule has 104 valence electrons. The number of benzene rings is 1. The Morgan fingerprint density at radius 3 is 2.58 bits per heavy atom. The molecule has 0 heterocycles. The van der Waals surface area contributed by atoms with E-state index in [1.807, 2.05) is 38.1 Å². The van der Waals surface area contributed by atoms with Gasteiger partial charge in [-0.25, -0.2) is 0 Å². The minimum absolute atomic E-state index is 0.0710. The molecular weight excluding hydrogens is 238 g/mol. The fourth-order valence-corrected chi connectivity index (χ4v) is 1.51. The molecule has 1 N–H and O–H groups in total. The van der Waals surface area contributed by atoms with Crippen LogP contribution in [0.1, 0.15) is 39.2 Å². The van der Waals surface area contributed by atoms with Crippen molar-refractivity contribution in [3.63, 3.8) is 0 Å². The molecule has 0 aromatic heterocycles. The van der Waals surface area contributed by atoms with Gasteiger partial charge in [0.05, 0.1) is 6.61 Å². The van der Waals surface area contributed by atoms with Crippen LogP contribution in [0.15, 0.2) is 30.3 Å². The summed E-state index contributed by atoms with van der Waals surface area (Å²) < 4.78 is 5.58. The lowest BCUT2D eigenvalue weighted by molar-refractivity contribution is -0.116. The first-order chi connectivity index (χ1) is 9.11. The predicted molar refractivity (Wildman–Crippen MR) is 79.2 cm³/mol. The molecule has 0 aliphatic heterocycles. The first-order valence-corrected chi connectivity index (χ1v) is 6.83. The third-order valence-corrected chi connectivity index (χ3v) is 2.50. The number of carbonyl (C=O) groups excluding carboxylic acids is 1. The monoisotopic (exact) mass is 261 g/mol. The molecule has 0 radical (unpaired) electrons. The number of hydrogen-bond donors (Lipinski definition) is 1. The minimum Gasteiger partial charge on any atom is -0.494 e. The number of nitrogens with one attached hydrogen (secondary N) is 1. The largest absolute Gasteiger partial charge is 0.494 e. The number of amides is 1. The SMILES string of the molecule is CCCCOc1ccc(/C=C/C(=O)NC(C)C)cc1. The number of unbranched alkanes of at least 4 members (excludes halogenated alkanes) is 1. The molecule has 0 bridgehead atoms. The van der Waals surface area contributed by atoms with E-state index in [0.717, 1.165) is 30.8 Å². The Hall–Kier alpha value is -1.77. The first-order valence-electron chi connectivity index (χ1n) is 6.83. The quantitative estimate of drug-likeness (QED) is 0.603. The van der Waals surface area contributed by atoms with E-state index in [0.29, 0.717) is 0 Å². The maximum absolute atomic E-state index is 11.4. The Balaban J connectivity index is 2.47. The molecule has 0 spiro atoms. The maximum Gasteiger partial charge on any atom is 0.244 e. The van der Waals surface area contributed by atoms with Gasteiger partial charge in [0.25, 0.3) is 0 Å². The van der Waals surface area contributed by atoms with Gasteiger partial charge in [-0.05, 0) is 44.0 Å². The average molecular weight is 261 g/mol. The van der Waals surface area contributed by atoms with E-state index < -0.39 is 0 Å². The molecule has 3 nitrogen and oxygen atoms in total. The van der Waals surface area contributed by atoms with Gasteiger partial charge in [-0.15, -0.1) is 0 Å². The van der Waals surface area contributed by atoms with Crippen molar-refractivity contribution in [3.8, 4) is 5.75 Å². The molecule has 1 aromatic carbocycles. The van der Waals surface area contributed by atoms with Crippen molar-refractivity contribution in [1.29, 1.82) is 0 Å². The Kier molecular flexibility index (Phi) is 6.72. The summed E-state index contributed by atoms with van der Waals surface area (Å²) in [6.45, 7) is 6.77. The molecule has 1 aromatic rings. The van der Waals surface area contributed by atoms with E-state index in [4.69, 9.17) is 4.74 Å². The summed E-state index contributed by atoms with van der Waals surface area (Å²) in [5.74, 6) is 0.801. The van der Waals surface area contributed by atoms with E-state index in [2.05, 4.69) is 12.2 Å². The first kappa shape index (κ1) is 15.3. The molecular formula is C16H23NO2. The molecule has 0 aliphatic rings. The molecule has 0 saturated heterocycles. The highest BCUT2D eigenvalue weighted by Gasteiger charge is 1.98. The van der Waals surface area contributed by atoms with Gasteiger partial charge in [-0.2, -0.15) is 0 Å². The third kappa shape index (κ3) is 6.65. The summed E-state index contributed by atoms with van der Waals surface area (Å²) in [6, 6.07) is 7.90. The second-order valence-electron chi connectivity index (χ2n) is 4.77. The Morgan fingerprint density at radius 2 is 2.00 bits per heavy atom. The fourth-order valence-electron chi connectivity index (χ4n) is 1.51. The highest BCUT2D eigenvalue weighted by atomic mass is 16.5. The second kappa shape index (κ2) is 8.35. The summed E-state index contributed by atoms with van der Waals surface area (Å²) in [6.07, 6.45) is 5.54. The molecule has 3 heteroatoms. The zero-order valence-corrected chi connectivity index (χ0v) is 12.0. The van der Waals surface area contributed by atoms with Crippen LogP contribution in [0.4, 0.5) is 0 Å². The van der Waals surface area contributed by atoms with Gasteiger partial charge in [0.1, 0.15) is 5.75 Å². The van der Waals surface area contributed by atoms with Gasteiger partial charge in [0.15, 0.2) is 0 Å². The number of rotatable bonds is 7. The third-order valence-electron chi connectivity index (χ3n) is 2.50. The molecule has 0 atom stereocenters. The van der Waals surface area contributed by atoms with Crippen molar-refractivity contribution in [1.82, 2.24) is 5.32 Å². The van der Waals surface area contributed by atoms with Crippen LogP contribution in [-0.2, 0) is 4.79 Å². The topological polar surface area (TPSA) is 38.3 Å². The van der Waals surface area contributed by atoms with Crippen LogP contribution in [0.5, 0.6) is 5.75 Å². The number of carbonyl (C=O) groups is 1. The summed E-state index contributed by atoms with van der Waals surface area (Å²) in [4.78, 5) is 11.4. The van der Waals surface area contributed by atoms with Crippen molar-refractivity contribution in [3.05, 3.63) is 35.9 Å². The van der Waals surface area contributed by atoms with E-state index in [-0.39, 0.29) is 11.9 Å². The van der Waals surface area contributed by atoms with Crippen molar-refractivity contribution < 1.29 is 9.53 Å². The van der Waals surface area contributed by atoms with E-state index in [1.54, 1.807) is 12.2 Å². The summed E-state index contributed by atoms with van der Waals surface area (Å²) in [7, 11) is 0. The highest BCUT2D eigenvalue weighted by molar-refractivity contribution is 5.91. The van der Waals surface area contributed by atoms with Crippen LogP contribution in [-0.4, -0.2) is 18.6 Å². The zero-order chi connectivity index (χ0) is 14.1. The molecule has 0 aliphatic carbocycles. The smallest absolute Gasteiger partial charge is 0.244 e.